The second-order valence-electron chi connectivity index (χ2n) is 8.25. The van der Waals surface area contributed by atoms with E-state index in [9.17, 15) is 14.3 Å². The molecule has 2 aromatic carbocycles. The molecule has 3 atom stereocenters. The van der Waals surface area contributed by atoms with Crippen molar-refractivity contribution in [3.63, 3.8) is 0 Å². The average molecular weight is 420 g/mol. The summed E-state index contributed by atoms with van der Waals surface area (Å²) in [5.74, 6) is -0.736. The van der Waals surface area contributed by atoms with Crippen molar-refractivity contribution in [1.82, 2.24) is 15.2 Å². The molecule has 0 unspecified atom stereocenters. The Labute approximate surface area is 181 Å². The fraction of sp³-hybridized carbons (Fsp3) is 0.280. The number of halogens is 1. The van der Waals surface area contributed by atoms with Gasteiger partial charge >= 0.3 is 0 Å². The minimum atomic E-state index is -1.11. The van der Waals surface area contributed by atoms with Crippen molar-refractivity contribution in [2.24, 2.45) is 0 Å². The molecule has 4 rings (SSSR count). The smallest absolute Gasteiger partial charge is 0.251 e. The van der Waals surface area contributed by atoms with Crippen LogP contribution in [0.2, 0.25) is 0 Å². The van der Waals surface area contributed by atoms with Gasteiger partial charge in [0.2, 0.25) is 0 Å². The highest BCUT2D eigenvalue weighted by atomic mass is 19.1. The van der Waals surface area contributed by atoms with Crippen LogP contribution in [0.25, 0.3) is 0 Å². The molecule has 1 saturated heterocycles. The van der Waals surface area contributed by atoms with Crippen molar-refractivity contribution >= 4 is 5.91 Å². The Kier molecular flexibility index (Phi) is 6.11. The van der Waals surface area contributed by atoms with Crippen molar-refractivity contribution in [2.45, 2.75) is 37.6 Å². The van der Waals surface area contributed by atoms with Crippen LogP contribution in [0.15, 0.2) is 79.1 Å². The molecule has 2 heterocycles. The van der Waals surface area contributed by atoms with E-state index in [0.29, 0.717) is 25.1 Å². The Balaban J connectivity index is 1.67. The van der Waals surface area contributed by atoms with Gasteiger partial charge in [-0.15, -0.1) is 0 Å². The molecule has 0 saturated carbocycles. The molecule has 1 fully saturated rings. The maximum atomic E-state index is 13.3. The molecule has 1 aliphatic heterocycles. The Hall–Kier alpha value is -3.09. The van der Waals surface area contributed by atoms with Crippen LogP contribution in [0.1, 0.15) is 40.9 Å². The summed E-state index contributed by atoms with van der Waals surface area (Å²) in [6.45, 7) is 3.08. The third-order valence-corrected chi connectivity index (χ3v) is 5.93. The maximum Gasteiger partial charge on any atom is 0.251 e. The highest BCUT2D eigenvalue weighted by molar-refractivity contribution is 5.94. The normalized spacial score (nSPS) is 24.0. The summed E-state index contributed by atoms with van der Waals surface area (Å²) in [5.41, 5.74) is 1.32. The van der Waals surface area contributed by atoms with E-state index in [2.05, 4.69) is 15.2 Å². The zero-order valence-corrected chi connectivity index (χ0v) is 17.4. The molecule has 0 radical (unpaired) electrons. The van der Waals surface area contributed by atoms with Gasteiger partial charge in [0.05, 0.1) is 17.7 Å². The van der Waals surface area contributed by atoms with E-state index >= 15 is 0 Å². The van der Waals surface area contributed by atoms with E-state index < -0.39 is 17.5 Å². The number of benzene rings is 2. The largest absolute Gasteiger partial charge is 0.388 e. The average Bonchev–Trinajstić information content (AvgIpc) is 2.78. The Morgan fingerprint density at radius 2 is 1.90 bits per heavy atom. The van der Waals surface area contributed by atoms with E-state index in [1.807, 2.05) is 48.7 Å². The van der Waals surface area contributed by atoms with Gasteiger partial charge in [-0.3, -0.25) is 14.7 Å². The van der Waals surface area contributed by atoms with Crippen molar-refractivity contribution in [3.8, 4) is 0 Å². The van der Waals surface area contributed by atoms with E-state index in [4.69, 9.17) is 0 Å². The van der Waals surface area contributed by atoms with Gasteiger partial charge in [0.25, 0.3) is 5.91 Å². The molecule has 5 nitrogen and oxygen atoms in total. The topological polar surface area (TPSA) is 65.5 Å². The van der Waals surface area contributed by atoms with Gasteiger partial charge in [-0.05, 0) is 54.8 Å². The fourth-order valence-electron chi connectivity index (χ4n) is 4.23. The number of aromatic nitrogens is 1. The van der Waals surface area contributed by atoms with Crippen LogP contribution in [-0.2, 0) is 6.54 Å². The minimum absolute atomic E-state index is 0.241. The van der Waals surface area contributed by atoms with Gasteiger partial charge in [0.15, 0.2) is 0 Å². The van der Waals surface area contributed by atoms with E-state index in [-0.39, 0.29) is 11.9 Å². The van der Waals surface area contributed by atoms with Crippen molar-refractivity contribution < 1.29 is 14.3 Å². The molecule has 3 aromatic rings. The van der Waals surface area contributed by atoms with Crippen LogP contribution in [0.5, 0.6) is 0 Å². The Morgan fingerprint density at radius 1 is 1.16 bits per heavy atom. The number of nitrogens with one attached hydrogen (secondary N) is 1. The number of rotatable bonds is 5. The molecule has 1 aromatic heterocycles. The molecule has 0 aliphatic carbocycles. The molecule has 1 aliphatic rings. The van der Waals surface area contributed by atoms with Crippen LogP contribution in [0.4, 0.5) is 4.39 Å². The number of aliphatic hydroxyl groups is 1. The number of carbonyl (C=O) groups excluding carboxylic acids is 1. The van der Waals surface area contributed by atoms with Gasteiger partial charge in [0.1, 0.15) is 5.82 Å². The number of hydrogen-bond donors (Lipinski definition) is 2. The van der Waals surface area contributed by atoms with Crippen LogP contribution in [-0.4, -0.2) is 39.1 Å². The van der Waals surface area contributed by atoms with E-state index in [0.717, 1.165) is 11.1 Å². The van der Waals surface area contributed by atoms with Gasteiger partial charge in [-0.1, -0.05) is 36.4 Å². The zero-order valence-electron chi connectivity index (χ0n) is 17.4. The number of hydrogen-bond acceptors (Lipinski definition) is 4. The van der Waals surface area contributed by atoms with Gasteiger partial charge in [-0.25, -0.2) is 4.39 Å². The van der Waals surface area contributed by atoms with Gasteiger partial charge < -0.3 is 10.4 Å². The molecule has 1 amide bonds. The first kappa shape index (κ1) is 21.2. The van der Waals surface area contributed by atoms with Crippen molar-refractivity contribution in [2.75, 3.05) is 6.54 Å². The first-order valence-electron chi connectivity index (χ1n) is 10.4. The summed E-state index contributed by atoms with van der Waals surface area (Å²) in [5, 5.41) is 14.3. The SMILES string of the molecule is C[C@@]1(O)CCN(Cc2cccnc2)[C@@H](c2ccccc2)[C@@H]1NC(=O)c1ccc(F)cc1. The minimum Gasteiger partial charge on any atom is -0.388 e. The summed E-state index contributed by atoms with van der Waals surface area (Å²) in [6.07, 6.45) is 4.08. The molecular weight excluding hydrogens is 393 g/mol. The third kappa shape index (κ3) is 4.81. The second-order valence-corrected chi connectivity index (χ2v) is 8.25. The quantitative estimate of drug-likeness (QED) is 0.662. The molecule has 0 bridgehead atoms. The molecule has 2 N–H and O–H groups in total. The number of likely N-dealkylation sites (tertiary alicyclic amines) is 1. The van der Waals surface area contributed by atoms with Crippen LogP contribution in [0, 0.1) is 5.82 Å². The lowest BCUT2D eigenvalue weighted by Gasteiger charge is -2.49. The van der Waals surface area contributed by atoms with Crippen LogP contribution < -0.4 is 5.32 Å². The van der Waals surface area contributed by atoms with E-state index in [1.54, 1.807) is 13.1 Å². The summed E-state index contributed by atoms with van der Waals surface area (Å²) < 4.78 is 13.3. The number of pyridine rings is 1. The molecule has 160 valence electrons. The summed E-state index contributed by atoms with van der Waals surface area (Å²) in [4.78, 5) is 19.5. The lowest BCUT2D eigenvalue weighted by atomic mass is 9.79. The summed E-state index contributed by atoms with van der Waals surface area (Å²) >= 11 is 0. The highest BCUT2D eigenvalue weighted by Gasteiger charge is 2.46. The fourth-order valence-corrected chi connectivity index (χ4v) is 4.23. The molecule has 31 heavy (non-hydrogen) atoms. The highest BCUT2D eigenvalue weighted by Crippen LogP contribution is 2.38. The summed E-state index contributed by atoms with van der Waals surface area (Å²) in [7, 11) is 0. The first-order valence-corrected chi connectivity index (χ1v) is 10.4. The standard InChI is InChI=1S/C25H26FN3O2/c1-25(31)13-15-29(17-18-6-5-14-27-16-18)22(19-7-3-2-4-8-19)23(25)28-24(30)20-9-11-21(26)12-10-20/h2-12,14,16,22-23,31H,13,15,17H2,1H3,(H,28,30)/t22-,23-,25+/m0/s1. The molecule has 6 heteroatoms. The van der Waals surface area contributed by atoms with Crippen molar-refractivity contribution in [3.05, 3.63) is 102 Å². The van der Waals surface area contributed by atoms with Gasteiger partial charge in [-0.2, -0.15) is 0 Å². The second kappa shape index (κ2) is 8.96. The zero-order chi connectivity index (χ0) is 21.8. The molecular formula is C25H26FN3O2. The molecule has 0 spiro atoms. The lowest BCUT2D eigenvalue weighted by molar-refractivity contribution is -0.0665. The lowest BCUT2D eigenvalue weighted by Crippen LogP contribution is -2.62. The number of carbonyl (C=O) groups is 1. The van der Waals surface area contributed by atoms with Crippen LogP contribution >= 0.6 is 0 Å². The van der Waals surface area contributed by atoms with Crippen molar-refractivity contribution in [1.29, 1.82) is 0 Å². The first-order chi connectivity index (χ1) is 14.9. The predicted molar refractivity (Wildman–Crippen MR) is 117 cm³/mol. The third-order valence-electron chi connectivity index (χ3n) is 5.93. The van der Waals surface area contributed by atoms with Crippen LogP contribution in [0.3, 0.4) is 0 Å². The monoisotopic (exact) mass is 419 g/mol. The number of nitrogens with zero attached hydrogens (tertiary/aromatic N) is 2. The van der Waals surface area contributed by atoms with Gasteiger partial charge in [0, 0.05) is 31.0 Å². The van der Waals surface area contributed by atoms with E-state index in [1.165, 1.54) is 24.3 Å². The summed E-state index contributed by atoms with van der Waals surface area (Å²) in [6, 6.07) is 18.4. The number of piperidine rings is 1. The Morgan fingerprint density at radius 3 is 2.58 bits per heavy atom. The number of amides is 1. The predicted octanol–water partition coefficient (Wildman–Crippen LogP) is 3.72. The Bertz CT molecular complexity index is 1010. The maximum absolute atomic E-state index is 13.3.